The van der Waals surface area contributed by atoms with E-state index in [0.29, 0.717) is 32.3 Å². The van der Waals surface area contributed by atoms with E-state index in [2.05, 4.69) is 17.1 Å². The second kappa shape index (κ2) is 16.6. The molecule has 0 spiro atoms. The molecule has 1 saturated heterocycles. The second-order valence-corrected chi connectivity index (χ2v) is 7.16. The Bertz CT molecular complexity index is 586. The van der Waals surface area contributed by atoms with Gasteiger partial charge >= 0.3 is 0 Å². The molecule has 1 aliphatic heterocycles. The van der Waals surface area contributed by atoms with Crippen LogP contribution in [0, 0.1) is 5.92 Å². The number of benzene rings is 1. The molecule has 1 aliphatic rings. The fraction of sp³-hybridized carbons (Fsp3) is 0.682. The molecule has 1 unspecified atom stereocenters. The van der Waals surface area contributed by atoms with Crippen LogP contribution in [0.1, 0.15) is 25.3 Å². The maximum atomic E-state index is 5.77. The fourth-order valence-electron chi connectivity index (χ4n) is 3.24. The minimum atomic E-state index is 0. The summed E-state index contributed by atoms with van der Waals surface area (Å²) in [4.78, 5) is 7.12. The van der Waals surface area contributed by atoms with E-state index < -0.39 is 0 Å². The lowest BCUT2D eigenvalue weighted by molar-refractivity contribution is 0.0536. The number of methoxy groups -OCH3 is 2. The van der Waals surface area contributed by atoms with E-state index in [1.807, 2.05) is 24.3 Å². The van der Waals surface area contributed by atoms with Crippen LogP contribution in [-0.2, 0) is 20.8 Å². The van der Waals surface area contributed by atoms with Crippen molar-refractivity contribution >= 4 is 29.9 Å². The van der Waals surface area contributed by atoms with Gasteiger partial charge in [-0.25, -0.2) is 0 Å². The van der Waals surface area contributed by atoms with Crippen LogP contribution in [0.15, 0.2) is 29.3 Å². The summed E-state index contributed by atoms with van der Waals surface area (Å²) in [6, 6.07) is 7.97. The normalized spacial score (nSPS) is 16.4. The van der Waals surface area contributed by atoms with Crippen LogP contribution in [0.3, 0.4) is 0 Å². The SMILES string of the molecule is CCNC(=NCCCOCc1ccc(OC)cc1)N1CCC(COCCOC)C1.I. The molecule has 0 aromatic heterocycles. The minimum Gasteiger partial charge on any atom is -0.497 e. The standard InChI is InChI=1S/C22H37N3O4.HI/c1-4-23-22(25-12-10-20(16-25)18-29-15-14-26-2)24-11-5-13-28-17-19-6-8-21(27-3)9-7-19;/h6-9,20H,4-5,10-18H2,1-3H3,(H,23,24);1H. The first kappa shape index (κ1) is 26.9. The first-order chi connectivity index (χ1) is 14.3. The van der Waals surface area contributed by atoms with Crippen molar-refractivity contribution in [1.82, 2.24) is 10.2 Å². The van der Waals surface area contributed by atoms with Gasteiger partial charge in [0.25, 0.3) is 0 Å². The quantitative estimate of drug-likeness (QED) is 0.181. The average molecular weight is 535 g/mol. The number of hydrogen-bond donors (Lipinski definition) is 1. The summed E-state index contributed by atoms with van der Waals surface area (Å²) in [5.74, 6) is 2.43. The highest BCUT2D eigenvalue weighted by Crippen LogP contribution is 2.17. The van der Waals surface area contributed by atoms with Crippen LogP contribution in [-0.4, -0.2) is 77.7 Å². The van der Waals surface area contributed by atoms with E-state index in [-0.39, 0.29) is 24.0 Å². The Labute approximate surface area is 198 Å². The number of rotatable bonds is 13. The van der Waals surface area contributed by atoms with Crippen molar-refractivity contribution in [2.24, 2.45) is 10.9 Å². The minimum absolute atomic E-state index is 0. The van der Waals surface area contributed by atoms with Crippen molar-refractivity contribution in [3.63, 3.8) is 0 Å². The first-order valence-corrected chi connectivity index (χ1v) is 10.6. The van der Waals surface area contributed by atoms with Crippen LogP contribution in [0.25, 0.3) is 0 Å². The zero-order chi connectivity index (χ0) is 20.7. The Morgan fingerprint density at radius 2 is 1.93 bits per heavy atom. The molecule has 0 saturated carbocycles. The van der Waals surface area contributed by atoms with E-state index in [1.165, 1.54) is 0 Å². The molecule has 1 fully saturated rings. The molecule has 0 radical (unpaired) electrons. The predicted octanol–water partition coefficient (Wildman–Crippen LogP) is 3.17. The van der Waals surface area contributed by atoms with E-state index in [4.69, 9.17) is 23.9 Å². The number of likely N-dealkylation sites (tertiary alicyclic amines) is 1. The van der Waals surface area contributed by atoms with Gasteiger partial charge in [0.2, 0.25) is 0 Å². The number of aliphatic imine (C=N–C) groups is 1. The average Bonchev–Trinajstić information content (AvgIpc) is 3.22. The third kappa shape index (κ3) is 10.3. The summed E-state index contributed by atoms with van der Waals surface area (Å²) in [6.45, 7) is 9.18. The second-order valence-electron chi connectivity index (χ2n) is 7.16. The topological polar surface area (TPSA) is 64.6 Å². The summed E-state index contributed by atoms with van der Waals surface area (Å²) in [6.07, 6.45) is 2.05. The van der Waals surface area contributed by atoms with Gasteiger partial charge in [-0.15, -0.1) is 24.0 Å². The largest absolute Gasteiger partial charge is 0.497 e. The molecule has 0 amide bonds. The highest BCUT2D eigenvalue weighted by molar-refractivity contribution is 14.0. The highest BCUT2D eigenvalue weighted by Gasteiger charge is 2.24. The van der Waals surface area contributed by atoms with Gasteiger partial charge in [-0.3, -0.25) is 4.99 Å². The number of nitrogens with one attached hydrogen (secondary N) is 1. The van der Waals surface area contributed by atoms with E-state index in [1.54, 1.807) is 14.2 Å². The lowest BCUT2D eigenvalue weighted by atomic mass is 10.1. The van der Waals surface area contributed by atoms with Crippen LogP contribution < -0.4 is 10.1 Å². The Morgan fingerprint density at radius 3 is 2.63 bits per heavy atom. The molecule has 1 heterocycles. The lowest BCUT2D eigenvalue weighted by Gasteiger charge is -2.21. The molecule has 2 rings (SSSR count). The molecular formula is C22H38IN3O4. The Balaban J connectivity index is 0.00000450. The van der Waals surface area contributed by atoms with E-state index in [9.17, 15) is 0 Å². The maximum Gasteiger partial charge on any atom is 0.193 e. The van der Waals surface area contributed by atoms with Crippen molar-refractivity contribution in [2.75, 3.05) is 66.8 Å². The number of halogens is 1. The van der Waals surface area contributed by atoms with Crippen LogP contribution in [0.2, 0.25) is 0 Å². The molecule has 1 aromatic carbocycles. The van der Waals surface area contributed by atoms with Crippen molar-refractivity contribution in [2.45, 2.75) is 26.4 Å². The molecule has 1 aromatic rings. The van der Waals surface area contributed by atoms with Gasteiger partial charge in [-0.1, -0.05) is 12.1 Å². The Hall–Kier alpha value is -1.10. The highest BCUT2D eigenvalue weighted by atomic mass is 127. The monoisotopic (exact) mass is 535 g/mol. The fourth-order valence-corrected chi connectivity index (χ4v) is 3.24. The van der Waals surface area contributed by atoms with Crippen molar-refractivity contribution < 1.29 is 18.9 Å². The van der Waals surface area contributed by atoms with Crippen LogP contribution >= 0.6 is 24.0 Å². The number of hydrogen-bond acceptors (Lipinski definition) is 5. The zero-order valence-electron chi connectivity index (χ0n) is 18.6. The van der Waals surface area contributed by atoms with Crippen LogP contribution in [0.5, 0.6) is 5.75 Å². The van der Waals surface area contributed by atoms with Crippen LogP contribution in [0.4, 0.5) is 0 Å². The Morgan fingerprint density at radius 1 is 1.13 bits per heavy atom. The summed E-state index contributed by atoms with van der Waals surface area (Å²) >= 11 is 0. The molecular weight excluding hydrogens is 497 g/mol. The molecule has 0 bridgehead atoms. The smallest absolute Gasteiger partial charge is 0.193 e. The molecule has 1 atom stereocenters. The third-order valence-corrected chi connectivity index (χ3v) is 4.84. The van der Waals surface area contributed by atoms with Gasteiger partial charge in [-0.2, -0.15) is 0 Å². The lowest BCUT2D eigenvalue weighted by Crippen LogP contribution is -2.40. The Kier molecular flexibility index (Phi) is 14.9. The molecule has 7 nitrogen and oxygen atoms in total. The predicted molar refractivity (Wildman–Crippen MR) is 131 cm³/mol. The molecule has 0 aliphatic carbocycles. The summed E-state index contributed by atoms with van der Waals surface area (Å²) in [7, 11) is 3.37. The van der Waals surface area contributed by atoms with Gasteiger partial charge in [0.05, 0.1) is 33.5 Å². The van der Waals surface area contributed by atoms with Crippen molar-refractivity contribution in [3.8, 4) is 5.75 Å². The molecule has 8 heteroatoms. The van der Waals surface area contributed by atoms with E-state index >= 15 is 0 Å². The molecule has 1 N–H and O–H groups in total. The first-order valence-electron chi connectivity index (χ1n) is 10.6. The van der Waals surface area contributed by atoms with Crippen molar-refractivity contribution in [3.05, 3.63) is 29.8 Å². The molecule has 30 heavy (non-hydrogen) atoms. The summed E-state index contributed by atoms with van der Waals surface area (Å²) in [5.41, 5.74) is 1.15. The van der Waals surface area contributed by atoms with Gasteiger partial charge in [0.1, 0.15) is 5.75 Å². The number of guanidine groups is 1. The van der Waals surface area contributed by atoms with Gasteiger partial charge in [0.15, 0.2) is 5.96 Å². The third-order valence-electron chi connectivity index (χ3n) is 4.84. The number of nitrogens with zero attached hydrogens (tertiary/aromatic N) is 2. The van der Waals surface area contributed by atoms with Gasteiger partial charge in [-0.05, 0) is 37.5 Å². The van der Waals surface area contributed by atoms with Crippen molar-refractivity contribution in [1.29, 1.82) is 0 Å². The summed E-state index contributed by atoms with van der Waals surface area (Å²) < 4.78 is 21.7. The molecule has 172 valence electrons. The zero-order valence-corrected chi connectivity index (χ0v) is 20.9. The van der Waals surface area contributed by atoms with Gasteiger partial charge in [0, 0.05) is 45.8 Å². The summed E-state index contributed by atoms with van der Waals surface area (Å²) in [5, 5.41) is 3.41. The van der Waals surface area contributed by atoms with E-state index in [0.717, 1.165) is 62.9 Å². The maximum absolute atomic E-state index is 5.77. The van der Waals surface area contributed by atoms with Gasteiger partial charge < -0.3 is 29.2 Å². The number of ether oxygens (including phenoxy) is 4.